The zero-order valence-corrected chi connectivity index (χ0v) is 13.9. The normalized spacial score (nSPS) is 15.3. The van der Waals surface area contributed by atoms with Gasteiger partial charge in [-0.05, 0) is 36.8 Å². The predicted octanol–water partition coefficient (Wildman–Crippen LogP) is 2.56. The first-order valence-corrected chi connectivity index (χ1v) is 9.09. The Kier molecular flexibility index (Phi) is 5.05. The molecule has 24 heavy (non-hydrogen) atoms. The lowest BCUT2D eigenvalue weighted by molar-refractivity contribution is -0.117. The van der Waals surface area contributed by atoms with Crippen LogP contribution in [0.3, 0.4) is 0 Å². The molecule has 0 saturated carbocycles. The Hall–Kier alpha value is -2.47. The topological polar surface area (TPSA) is 66.5 Å². The Morgan fingerprint density at radius 3 is 2.62 bits per heavy atom. The van der Waals surface area contributed by atoms with E-state index in [1.807, 2.05) is 12.1 Å². The quantitative estimate of drug-likeness (QED) is 0.908. The highest BCUT2D eigenvalue weighted by molar-refractivity contribution is 7.85. The summed E-state index contributed by atoms with van der Waals surface area (Å²) in [5.41, 5.74) is 1.38. The van der Waals surface area contributed by atoms with Gasteiger partial charge in [-0.25, -0.2) is 0 Å². The Labute approximate surface area is 143 Å². The fourth-order valence-corrected chi connectivity index (χ4v) is 3.58. The molecule has 0 unspecified atom stereocenters. The number of rotatable bonds is 5. The van der Waals surface area contributed by atoms with Crippen molar-refractivity contribution in [3.8, 4) is 0 Å². The second-order valence-electron chi connectivity index (χ2n) is 5.55. The fourth-order valence-electron chi connectivity index (χ4n) is 2.64. The molecule has 1 saturated heterocycles. The molecule has 1 atom stereocenters. The highest BCUT2D eigenvalue weighted by Gasteiger charge is 2.21. The zero-order chi connectivity index (χ0) is 16.9. The number of hydrogen-bond donors (Lipinski definition) is 1. The largest absolute Gasteiger partial charge is 0.325 e. The van der Waals surface area contributed by atoms with E-state index < -0.39 is 10.8 Å². The monoisotopic (exact) mass is 342 g/mol. The molecule has 1 N–H and O–H groups in total. The Morgan fingerprint density at radius 1 is 1.12 bits per heavy atom. The van der Waals surface area contributed by atoms with Crippen molar-refractivity contribution in [2.24, 2.45) is 0 Å². The van der Waals surface area contributed by atoms with Gasteiger partial charge < -0.3 is 10.2 Å². The number of anilines is 2. The molecule has 1 aliphatic rings. The number of amides is 2. The fraction of sp³-hybridized carbons (Fsp3) is 0.222. The van der Waals surface area contributed by atoms with Crippen LogP contribution in [0.15, 0.2) is 59.5 Å². The third-order valence-corrected chi connectivity index (χ3v) is 5.11. The molecule has 1 heterocycles. The van der Waals surface area contributed by atoms with Crippen LogP contribution >= 0.6 is 0 Å². The molecule has 5 nitrogen and oxygen atoms in total. The Balaban J connectivity index is 1.64. The van der Waals surface area contributed by atoms with Crippen LogP contribution in [-0.4, -0.2) is 28.3 Å². The molecule has 0 bridgehead atoms. The number of nitrogens with one attached hydrogen (secondary N) is 1. The Bertz CT molecular complexity index is 777. The number of benzene rings is 2. The standard InChI is InChI=1S/C18H18N2O3S/c21-17(13-24(23)16-8-2-1-3-9-16)19-14-6-4-7-15(12-14)20-11-5-10-18(20)22/h1-4,6-9,12H,5,10-11,13H2,(H,19,21)/t24-/m0/s1. The average molecular weight is 342 g/mol. The van der Waals surface area contributed by atoms with Crippen molar-refractivity contribution in [2.75, 3.05) is 22.5 Å². The van der Waals surface area contributed by atoms with Crippen molar-refractivity contribution in [1.82, 2.24) is 0 Å². The van der Waals surface area contributed by atoms with E-state index in [4.69, 9.17) is 0 Å². The summed E-state index contributed by atoms with van der Waals surface area (Å²) < 4.78 is 12.2. The molecule has 1 aliphatic heterocycles. The van der Waals surface area contributed by atoms with E-state index in [0.29, 0.717) is 23.5 Å². The lowest BCUT2D eigenvalue weighted by Crippen LogP contribution is -2.24. The van der Waals surface area contributed by atoms with Crippen molar-refractivity contribution in [2.45, 2.75) is 17.7 Å². The molecule has 2 aromatic carbocycles. The van der Waals surface area contributed by atoms with Crippen LogP contribution in [-0.2, 0) is 20.4 Å². The summed E-state index contributed by atoms with van der Waals surface area (Å²) in [6.07, 6.45) is 1.41. The van der Waals surface area contributed by atoms with Crippen molar-refractivity contribution in [1.29, 1.82) is 0 Å². The van der Waals surface area contributed by atoms with E-state index in [2.05, 4.69) is 5.32 Å². The first kappa shape index (κ1) is 16.4. The lowest BCUT2D eigenvalue weighted by Gasteiger charge is -2.16. The maximum Gasteiger partial charge on any atom is 0.237 e. The van der Waals surface area contributed by atoms with Crippen LogP contribution in [0.2, 0.25) is 0 Å². The lowest BCUT2D eigenvalue weighted by atomic mass is 10.2. The summed E-state index contributed by atoms with van der Waals surface area (Å²) in [4.78, 5) is 26.3. The van der Waals surface area contributed by atoms with E-state index in [-0.39, 0.29) is 17.6 Å². The van der Waals surface area contributed by atoms with Crippen LogP contribution in [0.4, 0.5) is 11.4 Å². The van der Waals surface area contributed by atoms with Gasteiger partial charge >= 0.3 is 0 Å². The number of carbonyl (C=O) groups excluding carboxylic acids is 2. The van der Waals surface area contributed by atoms with Gasteiger partial charge in [0.05, 0.1) is 10.8 Å². The number of carbonyl (C=O) groups is 2. The molecular formula is C18H18N2O3S. The van der Waals surface area contributed by atoms with Crippen LogP contribution in [0, 0.1) is 0 Å². The van der Waals surface area contributed by atoms with Crippen LogP contribution < -0.4 is 10.2 Å². The van der Waals surface area contributed by atoms with Gasteiger partial charge in [-0.3, -0.25) is 13.8 Å². The van der Waals surface area contributed by atoms with Gasteiger partial charge in [-0.1, -0.05) is 24.3 Å². The van der Waals surface area contributed by atoms with Gasteiger partial charge in [-0.15, -0.1) is 0 Å². The molecule has 0 aliphatic carbocycles. The molecule has 6 heteroatoms. The van der Waals surface area contributed by atoms with Gasteiger partial charge in [0.15, 0.2) is 0 Å². The van der Waals surface area contributed by atoms with Gasteiger partial charge in [0, 0.05) is 29.2 Å². The summed E-state index contributed by atoms with van der Waals surface area (Å²) in [6.45, 7) is 0.703. The SMILES string of the molecule is O=C(C[S@](=O)c1ccccc1)Nc1cccc(N2CCCC2=O)c1. The number of hydrogen-bond acceptors (Lipinski definition) is 3. The minimum atomic E-state index is -1.38. The highest BCUT2D eigenvalue weighted by Crippen LogP contribution is 2.24. The van der Waals surface area contributed by atoms with Crippen LogP contribution in [0.25, 0.3) is 0 Å². The van der Waals surface area contributed by atoms with Crippen molar-refractivity contribution in [3.05, 3.63) is 54.6 Å². The predicted molar refractivity (Wildman–Crippen MR) is 94.4 cm³/mol. The summed E-state index contributed by atoms with van der Waals surface area (Å²) >= 11 is 0. The maximum absolute atomic E-state index is 12.2. The molecule has 3 rings (SSSR count). The summed E-state index contributed by atoms with van der Waals surface area (Å²) in [7, 11) is -1.38. The minimum Gasteiger partial charge on any atom is -0.325 e. The van der Waals surface area contributed by atoms with Gasteiger partial charge in [-0.2, -0.15) is 0 Å². The third kappa shape index (κ3) is 3.89. The van der Waals surface area contributed by atoms with E-state index in [0.717, 1.165) is 12.1 Å². The van der Waals surface area contributed by atoms with Gasteiger partial charge in [0.1, 0.15) is 5.75 Å². The van der Waals surface area contributed by atoms with Crippen molar-refractivity contribution >= 4 is 34.0 Å². The summed E-state index contributed by atoms with van der Waals surface area (Å²) in [5, 5.41) is 2.75. The van der Waals surface area contributed by atoms with Crippen molar-refractivity contribution < 1.29 is 13.8 Å². The average Bonchev–Trinajstić information content (AvgIpc) is 3.02. The molecule has 2 aromatic rings. The van der Waals surface area contributed by atoms with Crippen LogP contribution in [0.1, 0.15) is 12.8 Å². The van der Waals surface area contributed by atoms with E-state index in [1.54, 1.807) is 47.4 Å². The van der Waals surface area contributed by atoms with Crippen LogP contribution in [0.5, 0.6) is 0 Å². The summed E-state index contributed by atoms with van der Waals surface area (Å²) in [6, 6.07) is 16.1. The van der Waals surface area contributed by atoms with Gasteiger partial charge in [0.25, 0.3) is 0 Å². The molecule has 1 fully saturated rings. The molecule has 2 amide bonds. The summed E-state index contributed by atoms with van der Waals surface area (Å²) in [5.74, 6) is -0.317. The van der Waals surface area contributed by atoms with E-state index >= 15 is 0 Å². The van der Waals surface area contributed by atoms with Gasteiger partial charge in [0.2, 0.25) is 11.8 Å². The van der Waals surface area contributed by atoms with E-state index in [9.17, 15) is 13.8 Å². The molecule has 0 radical (unpaired) electrons. The maximum atomic E-state index is 12.2. The first-order chi connectivity index (χ1) is 11.6. The zero-order valence-electron chi connectivity index (χ0n) is 13.1. The Morgan fingerprint density at radius 2 is 1.92 bits per heavy atom. The second-order valence-corrected chi connectivity index (χ2v) is 7.00. The first-order valence-electron chi connectivity index (χ1n) is 7.77. The number of nitrogens with zero attached hydrogens (tertiary/aromatic N) is 1. The molecule has 0 aromatic heterocycles. The minimum absolute atomic E-state index is 0.100. The molecule has 124 valence electrons. The van der Waals surface area contributed by atoms with Crippen molar-refractivity contribution in [3.63, 3.8) is 0 Å². The van der Waals surface area contributed by atoms with E-state index in [1.165, 1.54) is 0 Å². The smallest absolute Gasteiger partial charge is 0.237 e. The second kappa shape index (κ2) is 7.40. The molecular weight excluding hydrogens is 324 g/mol. The molecule has 0 spiro atoms. The third-order valence-electron chi connectivity index (χ3n) is 3.78. The highest BCUT2D eigenvalue weighted by atomic mass is 32.2.